The van der Waals surface area contributed by atoms with Crippen molar-refractivity contribution in [2.24, 2.45) is 11.8 Å². The third-order valence-corrected chi connectivity index (χ3v) is 5.59. The Kier molecular flexibility index (Phi) is 5.25. The van der Waals surface area contributed by atoms with Crippen molar-refractivity contribution in [3.63, 3.8) is 0 Å². The maximum absolute atomic E-state index is 12.6. The van der Waals surface area contributed by atoms with Gasteiger partial charge in [0, 0.05) is 10.0 Å². The highest BCUT2D eigenvalue weighted by molar-refractivity contribution is 9.10. The number of likely N-dealkylation sites (tertiary alicyclic amines) is 1. The predicted molar refractivity (Wildman–Crippen MR) is 93.5 cm³/mol. The Morgan fingerprint density at radius 2 is 1.83 bits per heavy atom. The Morgan fingerprint density at radius 1 is 1.21 bits per heavy atom. The smallest absolute Gasteiger partial charge is 0.237 e. The molecule has 0 aromatic heterocycles. The van der Waals surface area contributed by atoms with Gasteiger partial charge in [0.25, 0.3) is 0 Å². The van der Waals surface area contributed by atoms with Gasteiger partial charge in [0.15, 0.2) is 6.67 Å². The van der Waals surface area contributed by atoms with Gasteiger partial charge in [-0.05, 0) is 31.0 Å². The van der Waals surface area contributed by atoms with Crippen molar-refractivity contribution in [1.82, 2.24) is 4.90 Å². The van der Waals surface area contributed by atoms with Gasteiger partial charge in [-0.25, -0.2) is 4.90 Å². The quantitative estimate of drug-likeness (QED) is 0.770. The monoisotopic (exact) mass is 395 g/mol. The van der Waals surface area contributed by atoms with Crippen LogP contribution in [-0.4, -0.2) is 37.5 Å². The van der Waals surface area contributed by atoms with E-state index < -0.39 is 0 Å². The fourth-order valence-corrected chi connectivity index (χ4v) is 4.33. The number of amides is 2. The van der Waals surface area contributed by atoms with Crippen molar-refractivity contribution in [3.8, 4) is 5.75 Å². The summed E-state index contributed by atoms with van der Waals surface area (Å²) in [6.45, 7) is 1.11. The molecule has 24 heavy (non-hydrogen) atoms. The maximum Gasteiger partial charge on any atom is 0.237 e. The lowest BCUT2D eigenvalue weighted by molar-refractivity contribution is -0.901. The number of quaternary nitrogens is 1. The Bertz CT molecular complexity index is 625. The molecule has 6 heteroatoms. The molecule has 0 radical (unpaired) electrons. The molecule has 2 fully saturated rings. The van der Waals surface area contributed by atoms with Gasteiger partial charge in [0.1, 0.15) is 12.3 Å². The van der Waals surface area contributed by atoms with Crippen molar-refractivity contribution >= 4 is 27.7 Å². The number of imide groups is 1. The second-order valence-corrected chi connectivity index (χ2v) is 7.77. The van der Waals surface area contributed by atoms with Gasteiger partial charge in [-0.1, -0.05) is 28.8 Å². The number of halogens is 1. The lowest BCUT2D eigenvalue weighted by Gasteiger charge is -2.21. The molecule has 1 aromatic rings. The first kappa shape index (κ1) is 17.4. The van der Waals surface area contributed by atoms with Gasteiger partial charge in [0.05, 0.1) is 26.0 Å². The topological polar surface area (TPSA) is 51.1 Å². The molecule has 1 unspecified atom stereocenters. The van der Waals surface area contributed by atoms with Crippen LogP contribution in [0.4, 0.5) is 0 Å². The first-order chi connectivity index (χ1) is 11.5. The van der Waals surface area contributed by atoms with Gasteiger partial charge in [-0.15, -0.1) is 0 Å². The van der Waals surface area contributed by atoms with Crippen LogP contribution < -0.4 is 9.64 Å². The fraction of sp³-hybridized carbons (Fsp3) is 0.556. The lowest BCUT2D eigenvalue weighted by atomic mass is 9.81. The molecule has 0 spiro atoms. The number of ether oxygens (including phenoxy) is 1. The SMILES string of the molecule is COc1ccc(Br)cc1C[NH+](C)CN1C(=O)[C@H]2CCCC[C@H]2C1=O. The van der Waals surface area contributed by atoms with E-state index in [4.69, 9.17) is 4.74 Å². The summed E-state index contributed by atoms with van der Waals surface area (Å²) in [6.07, 6.45) is 3.85. The number of carbonyl (C=O) groups excluding carboxylic acids is 2. The highest BCUT2D eigenvalue weighted by Gasteiger charge is 2.49. The van der Waals surface area contributed by atoms with Crippen LogP contribution in [0.25, 0.3) is 0 Å². The molecule has 1 aliphatic heterocycles. The molecule has 2 aliphatic rings. The van der Waals surface area contributed by atoms with E-state index in [9.17, 15) is 9.59 Å². The fourth-order valence-electron chi connectivity index (χ4n) is 3.92. The highest BCUT2D eigenvalue weighted by atomic mass is 79.9. The molecule has 1 heterocycles. The molecule has 1 N–H and O–H groups in total. The number of hydrogen-bond acceptors (Lipinski definition) is 3. The van der Waals surface area contributed by atoms with E-state index in [1.165, 1.54) is 4.90 Å². The highest BCUT2D eigenvalue weighted by Crippen LogP contribution is 2.37. The zero-order valence-electron chi connectivity index (χ0n) is 14.2. The molecule has 3 rings (SSSR count). The molecular formula is C18H24BrN2O3+. The second kappa shape index (κ2) is 7.23. The van der Waals surface area contributed by atoms with Crippen molar-refractivity contribution in [2.75, 3.05) is 20.8 Å². The third kappa shape index (κ3) is 3.35. The molecule has 1 aliphatic carbocycles. The third-order valence-electron chi connectivity index (χ3n) is 5.10. The van der Waals surface area contributed by atoms with E-state index in [1.54, 1.807) is 7.11 Å². The predicted octanol–water partition coefficient (Wildman–Crippen LogP) is 1.61. The second-order valence-electron chi connectivity index (χ2n) is 6.85. The number of hydrogen-bond donors (Lipinski definition) is 1. The summed E-state index contributed by atoms with van der Waals surface area (Å²) in [5, 5.41) is 0. The van der Waals surface area contributed by atoms with E-state index in [2.05, 4.69) is 15.9 Å². The summed E-state index contributed by atoms with van der Waals surface area (Å²) in [7, 11) is 3.66. The molecule has 0 bridgehead atoms. The zero-order chi connectivity index (χ0) is 17.3. The van der Waals surface area contributed by atoms with Crippen LogP contribution in [0.3, 0.4) is 0 Å². The van der Waals surface area contributed by atoms with E-state index in [-0.39, 0.29) is 23.7 Å². The zero-order valence-corrected chi connectivity index (χ0v) is 15.8. The van der Waals surface area contributed by atoms with Gasteiger partial charge < -0.3 is 9.64 Å². The first-order valence-electron chi connectivity index (χ1n) is 8.50. The number of fused-ring (bicyclic) bond motifs is 1. The van der Waals surface area contributed by atoms with Gasteiger partial charge in [-0.3, -0.25) is 9.59 Å². The minimum Gasteiger partial charge on any atom is -0.496 e. The van der Waals surface area contributed by atoms with Gasteiger partial charge in [-0.2, -0.15) is 0 Å². The Labute approximate surface area is 151 Å². The van der Waals surface area contributed by atoms with E-state index in [0.29, 0.717) is 13.2 Å². The van der Waals surface area contributed by atoms with Crippen LogP contribution in [0.15, 0.2) is 22.7 Å². The Morgan fingerprint density at radius 3 is 2.42 bits per heavy atom. The molecule has 3 atom stereocenters. The normalized spacial score (nSPS) is 24.9. The minimum atomic E-state index is -0.0699. The number of rotatable bonds is 5. The van der Waals surface area contributed by atoms with E-state index in [1.807, 2.05) is 25.2 Å². The average Bonchev–Trinajstić information content (AvgIpc) is 2.80. The molecule has 1 aromatic carbocycles. The largest absolute Gasteiger partial charge is 0.496 e. The number of carbonyl (C=O) groups is 2. The molecule has 130 valence electrons. The first-order valence-corrected chi connectivity index (χ1v) is 9.29. The molecule has 5 nitrogen and oxygen atoms in total. The van der Waals surface area contributed by atoms with Crippen LogP contribution in [0.1, 0.15) is 31.2 Å². The summed E-state index contributed by atoms with van der Waals surface area (Å²) in [4.78, 5) is 27.7. The summed E-state index contributed by atoms with van der Waals surface area (Å²) in [5.41, 5.74) is 1.06. The number of nitrogens with zero attached hydrogens (tertiary/aromatic N) is 1. The summed E-state index contributed by atoms with van der Waals surface area (Å²) < 4.78 is 6.40. The lowest BCUT2D eigenvalue weighted by Crippen LogP contribution is -3.09. The average molecular weight is 396 g/mol. The molecule has 1 saturated heterocycles. The van der Waals surface area contributed by atoms with Crippen molar-refractivity contribution in [1.29, 1.82) is 0 Å². The van der Waals surface area contributed by atoms with Crippen LogP contribution in [0, 0.1) is 11.8 Å². The number of methoxy groups -OCH3 is 1. The number of benzene rings is 1. The maximum atomic E-state index is 12.6. The van der Waals surface area contributed by atoms with Crippen molar-refractivity contribution in [2.45, 2.75) is 32.2 Å². The molecule has 2 amide bonds. The van der Waals surface area contributed by atoms with E-state index in [0.717, 1.165) is 46.4 Å². The molecular weight excluding hydrogens is 372 g/mol. The molecule has 1 saturated carbocycles. The summed E-state index contributed by atoms with van der Waals surface area (Å²) in [5.74, 6) is 0.750. The Hall–Kier alpha value is -1.40. The van der Waals surface area contributed by atoms with Crippen LogP contribution in [-0.2, 0) is 16.1 Å². The Balaban J connectivity index is 1.69. The minimum absolute atomic E-state index is 0.0326. The van der Waals surface area contributed by atoms with Crippen LogP contribution >= 0.6 is 15.9 Å². The van der Waals surface area contributed by atoms with Gasteiger partial charge >= 0.3 is 0 Å². The standard InChI is InChI=1S/C18H23BrN2O3/c1-20(10-12-9-13(19)7-8-16(12)24-2)11-21-17(22)14-5-3-4-6-15(14)18(21)23/h7-9,14-15H,3-6,10-11H2,1-2H3/p+1/t14-,15+. The van der Waals surface area contributed by atoms with Gasteiger partial charge in [0.2, 0.25) is 11.8 Å². The van der Waals surface area contributed by atoms with E-state index >= 15 is 0 Å². The summed E-state index contributed by atoms with van der Waals surface area (Å²) in [6, 6.07) is 5.89. The number of nitrogens with one attached hydrogen (secondary N) is 1. The summed E-state index contributed by atoms with van der Waals surface area (Å²) >= 11 is 3.48. The van der Waals surface area contributed by atoms with Crippen molar-refractivity contribution < 1.29 is 19.2 Å². The van der Waals surface area contributed by atoms with Crippen molar-refractivity contribution in [3.05, 3.63) is 28.2 Å². The van der Waals surface area contributed by atoms with Crippen LogP contribution in [0.2, 0.25) is 0 Å². The van der Waals surface area contributed by atoms with Crippen LogP contribution in [0.5, 0.6) is 5.75 Å².